The highest BCUT2D eigenvalue weighted by Gasteiger charge is 2.68. The van der Waals surface area contributed by atoms with Crippen LogP contribution in [0.2, 0.25) is 5.02 Å². The van der Waals surface area contributed by atoms with Crippen LogP contribution in [0.1, 0.15) is 6.92 Å². The van der Waals surface area contributed by atoms with Gasteiger partial charge in [0, 0.05) is 6.92 Å². The SMILES string of the molecule is CC(=O)OC[C@@]12C=C[C@@H](O1)[C@H]1C(=O)N(c3ccccc3Cl)C(=O)[C@@H]12. The summed E-state index contributed by atoms with van der Waals surface area (Å²) in [6.07, 6.45) is 2.99. The van der Waals surface area contributed by atoms with Crippen molar-refractivity contribution in [2.75, 3.05) is 11.5 Å². The lowest BCUT2D eigenvalue weighted by molar-refractivity contribution is -0.150. The molecule has 0 spiro atoms. The summed E-state index contributed by atoms with van der Waals surface area (Å²) in [5.74, 6) is -2.51. The van der Waals surface area contributed by atoms with Gasteiger partial charge in [-0.2, -0.15) is 0 Å². The minimum atomic E-state index is -1.08. The summed E-state index contributed by atoms with van der Waals surface area (Å²) in [6.45, 7) is 1.20. The van der Waals surface area contributed by atoms with Crippen LogP contribution in [0.5, 0.6) is 0 Å². The van der Waals surface area contributed by atoms with Crippen molar-refractivity contribution < 1.29 is 23.9 Å². The van der Waals surface area contributed by atoms with E-state index in [1.807, 2.05) is 0 Å². The van der Waals surface area contributed by atoms with Gasteiger partial charge in [-0.15, -0.1) is 0 Å². The van der Waals surface area contributed by atoms with E-state index in [1.54, 1.807) is 36.4 Å². The van der Waals surface area contributed by atoms with E-state index in [9.17, 15) is 14.4 Å². The maximum atomic E-state index is 13.0. The summed E-state index contributed by atoms with van der Waals surface area (Å²) in [4.78, 5) is 38.1. The molecule has 0 saturated carbocycles. The van der Waals surface area contributed by atoms with Gasteiger partial charge in [0.15, 0.2) is 0 Å². The number of hydrogen-bond acceptors (Lipinski definition) is 5. The number of imide groups is 1. The third-order valence-corrected chi connectivity index (χ3v) is 5.07. The Morgan fingerprint density at radius 1 is 1.33 bits per heavy atom. The zero-order chi connectivity index (χ0) is 17.1. The van der Waals surface area contributed by atoms with Crippen molar-refractivity contribution >= 4 is 35.1 Å². The fourth-order valence-corrected chi connectivity index (χ4v) is 3.97. The zero-order valence-corrected chi connectivity index (χ0v) is 13.5. The van der Waals surface area contributed by atoms with Crippen LogP contribution in [0.25, 0.3) is 0 Å². The molecule has 1 aromatic rings. The van der Waals surface area contributed by atoms with E-state index in [4.69, 9.17) is 21.1 Å². The first kappa shape index (κ1) is 15.4. The monoisotopic (exact) mass is 347 g/mol. The van der Waals surface area contributed by atoms with Crippen LogP contribution in [0.15, 0.2) is 36.4 Å². The fraction of sp³-hybridized carbons (Fsp3) is 0.353. The molecule has 4 rings (SSSR count). The molecule has 2 fully saturated rings. The number of para-hydroxylation sites is 1. The molecule has 2 amide bonds. The van der Waals surface area contributed by atoms with Crippen molar-refractivity contribution in [3.63, 3.8) is 0 Å². The molecule has 124 valence electrons. The van der Waals surface area contributed by atoms with Gasteiger partial charge in [-0.3, -0.25) is 14.4 Å². The molecule has 2 bridgehead atoms. The Kier molecular flexibility index (Phi) is 3.30. The van der Waals surface area contributed by atoms with Gasteiger partial charge >= 0.3 is 5.97 Å². The van der Waals surface area contributed by atoms with Gasteiger partial charge < -0.3 is 9.47 Å². The first-order valence-electron chi connectivity index (χ1n) is 7.57. The van der Waals surface area contributed by atoms with Gasteiger partial charge in [0.05, 0.1) is 28.6 Å². The Bertz CT molecular complexity index is 791. The van der Waals surface area contributed by atoms with Crippen molar-refractivity contribution in [3.05, 3.63) is 41.4 Å². The number of halogens is 1. The summed E-state index contributed by atoms with van der Waals surface area (Å²) in [6, 6.07) is 6.71. The Hall–Kier alpha value is -2.18. The minimum Gasteiger partial charge on any atom is -0.462 e. The molecule has 7 heteroatoms. The number of amides is 2. The second-order valence-electron chi connectivity index (χ2n) is 6.14. The zero-order valence-electron chi connectivity index (χ0n) is 12.8. The second kappa shape index (κ2) is 5.16. The number of rotatable bonds is 3. The smallest absolute Gasteiger partial charge is 0.302 e. The van der Waals surface area contributed by atoms with Gasteiger partial charge in [-0.05, 0) is 18.2 Å². The van der Waals surface area contributed by atoms with E-state index < -0.39 is 29.5 Å². The summed E-state index contributed by atoms with van der Waals surface area (Å²) < 4.78 is 10.9. The van der Waals surface area contributed by atoms with E-state index in [1.165, 1.54) is 6.92 Å². The molecule has 6 nitrogen and oxygen atoms in total. The first-order valence-corrected chi connectivity index (χ1v) is 7.95. The Labute approximate surface area is 143 Å². The number of benzene rings is 1. The average molecular weight is 348 g/mol. The van der Waals surface area contributed by atoms with Crippen LogP contribution in [-0.4, -0.2) is 36.1 Å². The fourth-order valence-electron chi connectivity index (χ4n) is 3.75. The van der Waals surface area contributed by atoms with Crippen LogP contribution in [-0.2, 0) is 23.9 Å². The summed E-state index contributed by atoms with van der Waals surface area (Å²) >= 11 is 6.16. The topological polar surface area (TPSA) is 72.9 Å². The van der Waals surface area contributed by atoms with Crippen LogP contribution in [0.4, 0.5) is 5.69 Å². The Morgan fingerprint density at radius 3 is 2.79 bits per heavy atom. The van der Waals surface area contributed by atoms with E-state index >= 15 is 0 Å². The van der Waals surface area contributed by atoms with E-state index in [-0.39, 0.29) is 18.4 Å². The van der Waals surface area contributed by atoms with Crippen LogP contribution in [0.3, 0.4) is 0 Å². The normalized spacial score (nSPS) is 33.2. The van der Waals surface area contributed by atoms with Crippen molar-refractivity contribution in [1.29, 1.82) is 0 Å². The maximum absolute atomic E-state index is 13.0. The third kappa shape index (κ3) is 1.96. The van der Waals surface area contributed by atoms with Gasteiger partial charge in [0.2, 0.25) is 11.8 Å². The molecule has 0 unspecified atom stereocenters. The third-order valence-electron chi connectivity index (χ3n) is 4.75. The van der Waals surface area contributed by atoms with Gasteiger partial charge in [-0.25, -0.2) is 4.90 Å². The van der Waals surface area contributed by atoms with Crippen LogP contribution in [0, 0.1) is 11.8 Å². The summed E-state index contributed by atoms with van der Waals surface area (Å²) in [5.41, 5.74) is -0.713. The van der Waals surface area contributed by atoms with Crippen molar-refractivity contribution in [2.24, 2.45) is 11.8 Å². The molecule has 3 heterocycles. The molecule has 2 saturated heterocycles. The highest BCUT2D eigenvalue weighted by Crippen LogP contribution is 2.53. The number of hydrogen-bond donors (Lipinski definition) is 0. The molecule has 0 radical (unpaired) electrons. The van der Waals surface area contributed by atoms with Gasteiger partial charge in [-0.1, -0.05) is 29.8 Å². The van der Waals surface area contributed by atoms with E-state index in [0.29, 0.717) is 10.7 Å². The summed E-state index contributed by atoms with van der Waals surface area (Å²) in [7, 11) is 0. The van der Waals surface area contributed by atoms with Gasteiger partial charge in [0.25, 0.3) is 0 Å². The molecule has 0 aromatic heterocycles. The lowest BCUT2D eigenvalue weighted by Gasteiger charge is -2.28. The van der Waals surface area contributed by atoms with Crippen molar-refractivity contribution in [3.8, 4) is 0 Å². The van der Waals surface area contributed by atoms with Crippen molar-refractivity contribution in [1.82, 2.24) is 0 Å². The van der Waals surface area contributed by atoms with Crippen LogP contribution < -0.4 is 4.90 Å². The van der Waals surface area contributed by atoms with Gasteiger partial charge in [0.1, 0.15) is 12.2 Å². The number of esters is 1. The Morgan fingerprint density at radius 2 is 2.08 bits per heavy atom. The molecular formula is C17H14ClNO5. The molecule has 3 aliphatic rings. The second-order valence-corrected chi connectivity index (χ2v) is 6.55. The number of fused-ring (bicyclic) bond motifs is 5. The minimum absolute atomic E-state index is 0.0914. The first-order chi connectivity index (χ1) is 11.4. The molecular weight excluding hydrogens is 334 g/mol. The molecule has 4 atom stereocenters. The average Bonchev–Trinajstić information content (AvgIpc) is 3.18. The number of carbonyl (C=O) groups is 3. The molecule has 24 heavy (non-hydrogen) atoms. The predicted octanol–water partition coefficient (Wildman–Crippen LogP) is 1.72. The molecule has 0 aliphatic carbocycles. The van der Waals surface area contributed by atoms with E-state index in [0.717, 1.165) is 4.90 Å². The highest BCUT2D eigenvalue weighted by atomic mass is 35.5. The molecule has 0 N–H and O–H groups in total. The van der Waals surface area contributed by atoms with Crippen LogP contribution >= 0.6 is 11.6 Å². The number of anilines is 1. The lowest BCUT2D eigenvalue weighted by Crippen LogP contribution is -2.44. The number of carbonyl (C=O) groups excluding carboxylic acids is 3. The maximum Gasteiger partial charge on any atom is 0.302 e. The van der Waals surface area contributed by atoms with Crippen molar-refractivity contribution in [2.45, 2.75) is 18.6 Å². The standard InChI is InChI=1S/C17H14ClNO5/c1-9(20)23-8-17-7-6-12(24-17)13-14(17)16(22)19(15(13)21)11-5-3-2-4-10(11)18/h2-7,12-14H,8H2,1H3/t12-,13-,14-,17-/m1/s1. The lowest BCUT2D eigenvalue weighted by atomic mass is 9.77. The largest absolute Gasteiger partial charge is 0.462 e. The molecule has 3 aliphatic heterocycles. The van der Waals surface area contributed by atoms with E-state index in [2.05, 4.69) is 0 Å². The highest BCUT2D eigenvalue weighted by molar-refractivity contribution is 6.36. The molecule has 1 aromatic carbocycles. The Balaban J connectivity index is 1.72. The quantitative estimate of drug-likeness (QED) is 0.473. The number of ether oxygens (including phenoxy) is 2. The predicted molar refractivity (Wildman–Crippen MR) is 84.3 cm³/mol. The summed E-state index contributed by atoms with van der Waals surface area (Å²) in [5, 5.41) is 0.328. The number of nitrogens with zero attached hydrogens (tertiary/aromatic N) is 1.